The molecule has 15 aromatic carbocycles. The van der Waals surface area contributed by atoms with Gasteiger partial charge in [0.05, 0.1) is 0 Å². The first-order valence-electron chi connectivity index (χ1n) is 33.4. The van der Waals surface area contributed by atoms with Crippen molar-refractivity contribution in [2.75, 3.05) is 0 Å². The van der Waals surface area contributed by atoms with E-state index >= 15 is 0 Å². The van der Waals surface area contributed by atoms with Crippen LogP contribution in [0.2, 0.25) is 0 Å². The number of fused-ring (bicyclic) bond motifs is 10. The van der Waals surface area contributed by atoms with Gasteiger partial charge in [0.1, 0.15) is 45.1 Å². The zero-order valence-corrected chi connectivity index (χ0v) is 56.3. The van der Waals surface area contributed by atoms with Gasteiger partial charge in [0, 0.05) is 32.3 Å². The molecule has 0 N–H and O–H groups in total. The molecule has 0 spiro atoms. The number of hydrogen-bond acceptors (Lipinski definition) is 3. The Labute approximate surface area is 577 Å². The summed E-state index contributed by atoms with van der Waals surface area (Å²) in [6.07, 6.45) is 0. The fraction of sp³-hybridized carbons (Fsp3) is 0.0638. The Morgan fingerprint density at radius 3 is 1.25 bits per heavy atom. The summed E-state index contributed by atoms with van der Waals surface area (Å²) in [6, 6.07) is 114. The molecule has 0 aliphatic heterocycles. The minimum Gasteiger partial charge on any atom is -0.456 e. The number of hydrogen-bond donors (Lipinski definition) is 0. The molecule has 18 rings (SSSR count). The standard InChI is InChI=1S/C19H15F.C19H16.C17H13F.3C13H10O/c1-14-18(16-10-6-3-7-11-16)12-17(13-19(14)20)15-8-4-2-5-9-15;1-15-12-18(16-8-4-2-5-9-16)14-19(13-15)17-10-6-3-7-11-17;1-12-9-14(11-15(18)10-12)17-8-4-6-13-5-2-3-7-16(13)17;1-9-5-4-7-11-10-6-2-3-8-12(10)14-13(9)11;1-9-6-7-13-11(8-9)10-4-2-3-5-12(10)14-13;1-9-6-7-11-10-4-2-3-5-12(10)14-13(11)8-9/h2-13H,1H3;2-14H,1H3;2-11H,1H3;3*2-8H,1H3. The summed E-state index contributed by atoms with van der Waals surface area (Å²) in [7, 11) is 0. The van der Waals surface area contributed by atoms with Crippen LogP contribution in [-0.4, -0.2) is 0 Å². The Morgan fingerprint density at radius 1 is 0.222 bits per heavy atom. The molecule has 482 valence electrons. The summed E-state index contributed by atoms with van der Waals surface area (Å²) in [5, 5.41) is 9.55. The minimum absolute atomic E-state index is 0.162. The molecule has 18 aromatic rings. The van der Waals surface area contributed by atoms with Crippen LogP contribution in [0.4, 0.5) is 8.78 Å². The molecule has 0 radical (unpaired) electrons. The van der Waals surface area contributed by atoms with Crippen molar-refractivity contribution >= 4 is 76.6 Å². The van der Waals surface area contributed by atoms with Gasteiger partial charge in [0.25, 0.3) is 0 Å². The van der Waals surface area contributed by atoms with Crippen molar-refractivity contribution in [2.45, 2.75) is 41.5 Å². The van der Waals surface area contributed by atoms with Crippen LogP contribution in [0.5, 0.6) is 0 Å². The molecule has 0 saturated carbocycles. The molecule has 3 heterocycles. The highest BCUT2D eigenvalue weighted by atomic mass is 19.1. The molecule has 0 bridgehead atoms. The number of furan rings is 3. The number of rotatable bonds is 5. The highest BCUT2D eigenvalue weighted by Crippen LogP contribution is 2.36. The number of para-hydroxylation sites is 4. The van der Waals surface area contributed by atoms with E-state index in [1.807, 2.05) is 166 Å². The van der Waals surface area contributed by atoms with Crippen LogP contribution in [0.1, 0.15) is 33.4 Å². The zero-order chi connectivity index (χ0) is 68.2. The van der Waals surface area contributed by atoms with Crippen LogP contribution in [0.15, 0.2) is 353 Å². The first-order valence-corrected chi connectivity index (χ1v) is 33.4. The average molecular weight is 1290 g/mol. The van der Waals surface area contributed by atoms with Crippen LogP contribution < -0.4 is 0 Å². The summed E-state index contributed by atoms with van der Waals surface area (Å²) in [4.78, 5) is 0. The second-order valence-corrected chi connectivity index (χ2v) is 25.0. The van der Waals surface area contributed by atoms with Crippen molar-refractivity contribution in [2.24, 2.45) is 0 Å². The van der Waals surface area contributed by atoms with Gasteiger partial charge in [-0.1, -0.05) is 279 Å². The van der Waals surface area contributed by atoms with Gasteiger partial charge in [0.2, 0.25) is 0 Å². The van der Waals surface area contributed by atoms with E-state index in [-0.39, 0.29) is 11.6 Å². The van der Waals surface area contributed by atoms with E-state index in [9.17, 15) is 8.78 Å². The maximum Gasteiger partial charge on any atom is 0.138 e. The first-order chi connectivity index (χ1) is 48.4. The molecule has 0 saturated heterocycles. The summed E-state index contributed by atoms with van der Waals surface area (Å²) < 4.78 is 44.9. The Hall–Kier alpha value is -12.2. The minimum atomic E-state index is -0.182. The molecular formula is C94H74F2O3. The van der Waals surface area contributed by atoms with Crippen molar-refractivity contribution < 1.29 is 22.0 Å². The predicted molar refractivity (Wildman–Crippen MR) is 414 cm³/mol. The molecule has 0 amide bonds. The van der Waals surface area contributed by atoms with Crippen LogP contribution in [0.3, 0.4) is 0 Å². The third-order valence-corrected chi connectivity index (χ3v) is 17.6. The Balaban J connectivity index is 0.000000107. The zero-order valence-electron chi connectivity index (χ0n) is 56.3. The summed E-state index contributed by atoms with van der Waals surface area (Å²) >= 11 is 0. The molecule has 0 atom stereocenters. The highest BCUT2D eigenvalue weighted by Gasteiger charge is 2.13. The molecule has 0 aliphatic carbocycles. The largest absolute Gasteiger partial charge is 0.456 e. The van der Waals surface area contributed by atoms with Gasteiger partial charge in [-0.25, -0.2) is 8.78 Å². The van der Waals surface area contributed by atoms with Gasteiger partial charge in [-0.2, -0.15) is 0 Å². The molecule has 0 fully saturated rings. The van der Waals surface area contributed by atoms with Gasteiger partial charge in [-0.05, 0) is 202 Å². The second-order valence-electron chi connectivity index (χ2n) is 25.0. The van der Waals surface area contributed by atoms with E-state index in [0.717, 1.165) is 77.8 Å². The van der Waals surface area contributed by atoms with E-state index in [1.54, 1.807) is 18.2 Å². The number of benzene rings is 15. The van der Waals surface area contributed by atoms with Gasteiger partial charge in [-0.3, -0.25) is 0 Å². The fourth-order valence-electron chi connectivity index (χ4n) is 12.7. The lowest BCUT2D eigenvalue weighted by molar-refractivity contribution is 0.619. The second kappa shape index (κ2) is 30.3. The fourth-order valence-corrected chi connectivity index (χ4v) is 12.7. The van der Waals surface area contributed by atoms with Crippen molar-refractivity contribution in [3.63, 3.8) is 0 Å². The third kappa shape index (κ3) is 15.4. The molecule has 99 heavy (non-hydrogen) atoms. The predicted octanol–water partition coefficient (Wildman–Crippen LogP) is 27.4. The van der Waals surface area contributed by atoms with Gasteiger partial charge >= 0.3 is 0 Å². The molecule has 3 nitrogen and oxygen atoms in total. The van der Waals surface area contributed by atoms with Gasteiger partial charge in [-0.15, -0.1) is 0 Å². The van der Waals surface area contributed by atoms with Crippen LogP contribution in [0, 0.1) is 53.2 Å². The van der Waals surface area contributed by atoms with Gasteiger partial charge in [0.15, 0.2) is 0 Å². The van der Waals surface area contributed by atoms with E-state index < -0.39 is 0 Å². The van der Waals surface area contributed by atoms with Crippen LogP contribution in [0.25, 0.3) is 132 Å². The van der Waals surface area contributed by atoms with Gasteiger partial charge < -0.3 is 13.3 Å². The van der Waals surface area contributed by atoms with Crippen molar-refractivity contribution in [1.29, 1.82) is 0 Å². The van der Waals surface area contributed by atoms with E-state index in [2.05, 4.69) is 198 Å². The summed E-state index contributed by atoms with van der Waals surface area (Å²) in [5.41, 5.74) is 23.5. The van der Waals surface area contributed by atoms with E-state index in [1.165, 1.54) is 82.2 Å². The monoisotopic (exact) mass is 1290 g/mol. The molecule has 0 unspecified atom stereocenters. The topological polar surface area (TPSA) is 39.4 Å². The van der Waals surface area contributed by atoms with E-state index in [0.29, 0.717) is 5.56 Å². The van der Waals surface area contributed by atoms with E-state index in [4.69, 9.17) is 13.3 Å². The Kier molecular flexibility index (Phi) is 20.0. The Bertz CT molecular complexity index is 5670. The summed E-state index contributed by atoms with van der Waals surface area (Å²) in [5.74, 6) is -0.344. The van der Waals surface area contributed by atoms with Crippen LogP contribution in [-0.2, 0) is 0 Å². The number of aryl methyl sites for hydroxylation is 5. The van der Waals surface area contributed by atoms with Crippen LogP contribution >= 0.6 is 0 Å². The van der Waals surface area contributed by atoms with Crippen molar-refractivity contribution in [3.8, 4) is 55.6 Å². The Morgan fingerprint density at radius 2 is 0.646 bits per heavy atom. The van der Waals surface area contributed by atoms with Crippen molar-refractivity contribution in [1.82, 2.24) is 0 Å². The molecule has 3 aromatic heterocycles. The quantitative estimate of drug-likeness (QED) is 0.172. The molecule has 0 aliphatic rings. The lowest BCUT2D eigenvalue weighted by atomic mass is 9.95. The first kappa shape index (κ1) is 65.5. The third-order valence-electron chi connectivity index (χ3n) is 17.6. The summed E-state index contributed by atoms with van der Waals surface area (Å²) in [6.45, 7) is 12.1. The number of halogens is 2. The average Bonchev–Trinajstić information content (AvgIpc) is 1.76. The highest BCUT2D eigenvalue weighted by molar-refractivity contribution is 6.07. The SMILES string of the molecule is Cc1c(F)cc(-c2ccccc2)cc1-c1ccccc1.Cc1cc(-c2ccccc2)cc(-c2ccccc2)c1.Cc1cc(F)cc(-c2cccc3ccccc23)c1.Cc1ccc2c(c1)oc1ccccc12.Cc1ccc2oc3ccccc3c2c1.Cc1cccc2c1oc1ccccc12. The van der Waals surface area contributed by atoms with Crippen molar-refractivity contribution in [3.05, 3.63) is 385 Å². The smallest absolute Gasteiger partial charge is 0.138 e. The lowest BCUT2D eigenvalue weighted by Gasteiger charge is -2.11. The molecule has 5 heteroatoms. The maximum absolute atomic E-state index is 14.2. The maximum atomic E-state index is 14.2. The molecular weight excluding hydrogens is 1220 g/mol. The normalized spacial score (nSPS) is 10.8. The lowest BCUT2D eigenvalue weighted by Crippen LogP contribution is -1.90.